The van der Waals surface area contributed by atoms with E-state index in [2.05, 4.69) is 36.7 Å². The van der Waals surface area contributed by atoms with E-state index in [1.54, 1.807) is 23.6 Å². The highest BCUT2D eigenvalue weighted by Gasteiger charge is 2.10. The van der Waals surface area contributed by atoms with Gasteiger partial charge in [-0.25, -0.2) is 5.43 Å². The molecular formula is C15H11BrN4OS. The summed E-state index contributed by atoms with van der Waals surface area (Å²) in [4.78, 5) is 12.9. The number of carbonyl (C=O) groups excluding carboxylic acids is 1. The number of nitrogens with zero attached hydrogens (tertiary/aromatic N) is 2. The van der Waals surface area contributed by atoms with E-state index >= 15 is 0 Å². The molecule has 2 aromatic heterocycles. The summed E-state index contributed by atoms with van der Waals surface area (Å²) in [7, 11) is 0. The van der Waals surface area contributed by atoms with Gasteiger partial charge < -0.3 is 0 Å². The van der Waals surface area contributed by atoms with Gasteiger partial charge in [-0.2, -0.15) is 10.2 Å². The molecule has 2 N–H and O–H groups in total. The summed E-state index contributed by atoms with van der Waals surface area (Å²) < 4.78 is 0.993. The third-order valence-corrected chi connectivity index (χ3v) is 4.20. The minimum Gasteiger partial charge on any atom is -0.272 e. The first kappa shape index (κ1) is 14.7. The third-order valence-electron chi connectivity index (χ3n) is 2.86. The lowest BCUT2D eigenvalue weighted by atomic mass is 10.1. The maximum atomic E-state index is 12.0. The van der Waals surface area contributed by atoms with Crippen LogP contribution in [0.4, 0.5) is 0 Å². The van der Waals surface area contributed by atoms with Crippen LogP contribution in [0.3, 0.4) is 0 Å². The standard InChI is InChI=1S/C15H11BrN4OS/c16-11-5-3-10(4-6-11)13-8-14(19-18-13)15(21)20-17-9-12-2-1-7-22-12/h1-9H,(H,18,19)(H,20,21)/b17-9+. The smallest absolute Gasteiger partial charge is 0.272 e. The number of aromatic amines is 1. The Morgan fingerprint density at radius 1 is 1.32 bits per heavy atom. The molecule has 22 heavy (non-hydrogen) atoms. The van der Waals surface area contributed by atoms with Crippen molar-refractivity contribution in [3.8, 4) is 11.3 Å². The van der Waals surface area contributed by atoms with E-state index in [0.717, 1.165) is 14.9 Å². The van der Waals surface area contributed by atoms with Crippen molar-refractivity contribution in [3.63, 3.8) is 0 Å². The number of thiophene rings is 1. The molecule has 1 amide bonds. The average Bonchev–Trinajstić information content (AvgIpc) is 3.19. The summed E-state index contributed by atoms with van der Waals surface area (Å²) >= 11 is 4.93. The number of hydrazone groups is 1. The fourth-order valence-electron chi connectivity index (χ4n) is 1.79. The topological polar surface area (TPSA) is 70.1 Å². The number of hydrogen-bond donors (Lipinski definition) is 2. The van der Waals surface area contributed by atoms with E-state index in [4.69, 9.17) is 0 Å². The van der Waals surface area contributed by atoms with Gasteiger partial charge in [0.2, 0.25) is 0 Å². The molecule has 0 aliphatic heterocycles. The zero-order valence-corrected chi connectivity index (χ0v) is 13.7. The minimum atomic E-state index is -0.330. The van der Waals surface area contributed by atoms with Crippen LogP contribution in [0.25, 0.3) is 11.3 Å². The number of rotatable bonds is 4. The van der Waals surface area contributed by atoms with Crippen molar-refractivity contribution in [2.24, 2.45) is 5.10 Å². The second kappa shape index (κ2) is 6.67. The Balaban J connectivity index is 1.68. The van der Waals surface area contributed by atoms with Gasteiger partial charge >= 0.3 is 0 Å². The van der Waals surface area contributed by atoms with E-state index < -0.39 is 0 Å². The predicted octanol–water partition coefficient (Wildman–Crippen LogP) is 3.66. The van der Waals surface area contributed by atoms with Gasteiger partial charge in [-0.05, 0) is 29.6 Å². The lowest BCUT2D eigenvalue weighted by Gasteiger charge is -1.95. The summed E-state index contributed by atoms with van der Waals surface area (Å²) in [6.45, 7) is 0. The molecule has 7 heteroatoms. The molecule has 0 bridgehead atoms. The molecule has 3 rings (SSSR count). The molecular weight excluding hydrogens is 364 g/mol. The van der Waals surface area contributed by atoms with E-state index in [1.165, 1.54) is 0 Å². The number of benzene rings is 1. The van der Waals surface area contributed by atoms with Gasteiger partial charge in [0.05, 0.1) is 11.9 Å². The SMILES string of the molecule is O=C(N/N=C/c1cccs1)c1cc(-c2ccc(Br)cc2)n[nH]1. The molecule has 0 saturated carbocycles. The molecule has 0 radical (unpaired) electrons. The maximum Gasteiger partial charge on any atom is 0.289 e. The fourth-order valence-corrected chi connectivity index (χ4v) is 2.64. The quantitative estimate of drug-likeness (QED) is 0.540. The highest BCUT2D eigenvalue weighted by atomic mass is 79.9. The predicted molar refractivity (Wildman–Crippen MR) is 91.1 cm³/mol. The monoisotopic (exact) mass is 374 g/mol. The molecule has 2 heterocycles. The van der Waals surface area contributed by atoms with Crippen LogP contribution in [-0.4, -0.2) is 22.3 Å². The Morgan fingerprint density at radius 2 is 2.14 bits per heavy atom. The molecule has 0 atom stereocenters. The van der Waals surface area contributed by atoms with Crippen molar-refractivity contribution in [2.75, 3.05) is 0 Å². The van der Waals surface area contributed by atoms with Crippen LogP contribution in [-0.2, 0) is 0 Å². The zero-order chi connectivity index (χ0) is 15.4. The second-order valence-corrected chi connectivity index (χ2v) is 6.28. The number of nitrogens with one attached hydrogen (secondary N) is 2. The summed E-state index contributed by atoms with van der Waals surface area (Å²) in [6, 6.07) is 13.2. The highest BCUT2D eigenvalue weighted by molar-refractivity contribution is 9.10. The minimum absolute atomic E-state index is 0.330. The van der Waals surface area contributed by atoms with Gasteiger partial charge in [0, 0.05) is 14.9 Å². The molecule has 1 aromatic carbocycles. The number of halogens is 1. The largest absolute Gasteiger partial charge is 0.289 e. The van der Waals surface area contributed by atoms with Crippen LogP contribution < -0.4 is 5.43 Å². The van der Waals surface area contributed by atoms with Crippen molar-refractivity contribution in [1.29, 1.82) is 0 Å². The van der Waals surface area contributed by atoms with Crippen molar-refractivity contribution < 1.29 is 4.79 Å². The van der Waals surface area contributed by atoms with Crippen LogP contribution in [0.2, 0.25) is 0 Å². The number of H-pyrrole nitrogens is 1. The number of aromatic nitrogens is 2. The van der Waals surface area contributed by atoms with Gasteiger partial charge in [0.25, 0.3) is 5.91 Å². The zero-order valence-electron chi connectivity index (χ0n) is 11.3. The molecule has 0 fully saturated rings. The summed E-state index contributed by atoms with van der Waals surface area (Å²) in [5.41, 5.74) is 4.47. The fraction of sp³-hybridized carbons (Fsp3) is 0. The maximum absolute atomic E-state index is 12.0. The Labute approximate surface area is 139 Å². The van der Waals surface area contributed by atoms with E-state index in [0.29, 0.717) is 11.4 Å². The van der Waals surface area contributed by atoms with E-state index in [1.807, 2.05) is 41.8 Å². The van der Waals surface area contributed by atoms with Crippen LogP contribution in [0.1, 0.15) is 15.4 Å². The lowest BCUT2D eigenvalue weighted by molar-refractivity contribution is 0.0950. The van der Waals surface area contributed by atoms with Gasteiger partial charge in [-0.3, -0.25) is 9.89 Å². The Kier molecular flexibility index (Phi) is 4.45. The molecule has 0 aliphatic carbocycles. The molecule has 0 spiro atoms. The Bertz CT molecular complexity index is 793. The summed E-state index contributed by atoms with van der Waals surface area (Å²) in [5, 5.41) is 12.7. The van der Waals surface area contributed by atoms with Crippen molar-refractivity contribution in [3.05, 3.63) is 62.9 Å². The number of carbonyl (C=O) groups is 1. The molecule has 0 aliphatic rings. The van der Waals surface area contributed by atoms with Crippen LogP contribution in [0.15, 0.2) is 57.4 Å². The first-order valence-electron chi connectivity index (χ1n) is 6.40. The summed E-state index contributed by atoms with van der Waals surface area (Å²) in [6.07, 6.45) is 1.61. The molecule has 110 valence electrons. The molecule has 5 nitrogen and oxygen atoms in total. The van der Waals surface area contributed by atoms with Crippen LogP contribution in [0.5, 0.6) is 0 Å². The number of hydrogen-bond acceptors (Lipinski definition) is 4. The molecule has 0 unspecified atom stereocenters. The molecule has 3 aromatic rings. The van der Waals surface area contributed by atoms with Crippen molar-refractivity contribution in [2.45, 2.75) is 0 Å². The van der Waals surface area contributed by atoms with Crippen LogP contribution >= 0.6 is 27.3 Å². The Morgan fingerprint density at radius 3 is 2.86 bits per heavy atom. The highest BCUT2D eigenvalue weighted by Crippen LogP contribution is 2.20. The average molecular weight is 375 g/mol. The van der Waals surface area contributed by atoms with E-state index in [-0.39, 0.29) is 5.91 Å². The second-order valence-electron chi connectivity index (χ2n) is 4.39. The summed E-state index contributed by atoms with van der Waals surface area (Å²) in [5.74, 6) is -0.330. The lowest BCUT2D eigenvalue weighted by Crippen LogP contribution is -2.17. The van der Waals surface area contributed by atoms with Gasteiger partial charge in [0.1, 0.15) is 5.69 Å². The first-order chi connectivity index (χ1) is 10.7. The van der Waals surface area contributed by atoms with Crippen molar-refractivity contribution >= 4 is 39.4 Å². The van der Waals surface area contributed by atoms with Gasteiger partial charge in [0.15, 0.2) is 0 Å². The molecule has 0 saturated heterocycles. The third kappa shape index (κ3) is 3.49. The van der Waals surface area contributed by atoms with Crippen molar-refractivity contribution in [1.82, 2.24) is 15.6 Å². The van der Waals surface area contributed by atoms with Gasteiger partial charge in [-0.1, -0.05) is 34.1 Å². The number of amides is 1. The van der Waals surface area contributed by atoms with Crippen LogP contribution in [0, 0.1) is 0 Å². The van der Waals surface area contributed by atoms with Gasteiger partial charge in [-0.15, -0.1) is 11.3 Å². The normalized spacial score (nSPS) is 11.0. The van der Waals surface area contributed by atoms with E-state index in [9.17, 15) is 4.79 Å². The Hall–Kier alpha value is -2.25. The first-order valence-corrected chi connectivity index (χ1v) is 8.08.